The van der Waals surface area contributed by atoms with Crippen molar-refractivity contribution in [1.82, 2.24) is 10.1 Å². The lowest BCUT2D eigenvalue weighted by atomic mass is 10.2. The van der Waals surface area contributed by atoms with E-state index in [0.717, 1.165) is 6.42 Å². The molecule has 1 aromatic heterocycles. The highest BCUT2D eigenvalue weighted by Gasteiger charge is 2.13. The molecular formula is C13H15ClN2O2S. The number of halogens is 1. The fourth-order valence-electron chi connectivity index (χ4n) is 1.43. The first-order valence-corrected chi connectivity index (χ1v) is 7.46. The summed E-state index contributed by atoms with van der Waals surface area (Å²) in [7, 11) is 0. The molecule has 6 heteroatoms. The summed E-state index contributed by atoms with van der Waals surface area (Å²) >= 11 is 7.82. The van der Waals surface area contributed by atoms with Gasteiger partial charge >= 0.3 is 0 Å². The van der Waals surface area contributed by atoms with Crippen molar-refractivity contribution in [2.45, 2.75) is 31.3 Å². The molecule has 2 aromatic rings. The fourth-order valence-corrected chi connectivity index (χ4v) is 2.42. The van der Waals surface area contributed by atoms with Gasteiger partial charge in [-0.25, -0.2) is 0 Å². The van der Waals surface area contributed by atoms with E-state index in [9.17, 15) is 5.11 Å². The van der Waals surface area contributed by atoms with Crippen LogP contribution >= 0.6 is 23.4 Å². The van der Waals surface area contributed by atoms with Crippen molar-refractivity contribution < 1.29 is 9.63 Å². The first-order chi connectivity index (χ1) is 9.10. The molecule has 0 spiro atoms. The lowest BCUT2D eigenvalue weighted by molar-refractivity contribution is 0.424. The predicted octanol–water partition coefficient (Wildman–Crippen LogP) is 4.13. The largest absolute Gasteiger partial charge is 0.508 e. The number of phenolic OH excluding ortho intramolecular Hbond substituents is 1. The van der Waals surface area contributed by atoms with Gasteiger partial charge in [-0.1, -0.05) is 30.6 Å². The van der Waals surface area contributed by atoms with Crippen molar-refractivity contribution in [2.75, 3.05) is 0 Å². The highest BCUT2D eigenvalue weighted by molar-refractivity contribution is 7.99. The summed E-state index contributed by atoms with van der Waals surface area (Å²) in [4.78, 5) is 4.29. The second-order valence-electron chi connectivity index (χ2n) is 4.21. The number of hydrogen-bond acceptors (Lipinski definition) is 5. The van der Waals surface area contributed by atoms with Crippen LogP contribution in [0.5, 0.6) is 5.75 Å². The van der Waals surface area contributed by atoms with Gasteiger partial charge in [0.2, 0.25) is 0 Å². The maximum atomic E-state index is 9.46. The molecule has 0 bridgehead atoms. The van der Waals surface area contributed by atoms with Crippen LogP contribution in [0.1, 0.15) is 26.1 Å². The zero-order valence-electron chi connectivity index (χ0n) is 10.8. The van der Waals surface area contributed by atoms with E-state index >= 15 is 0 Å². The minimum absolute atomic E-state index is 0.119. The SMILES string of the molecule is CCC(C)SCc1noc(-c2cc(O)ccc2Cl)n1. The summed E-state index contributed by atoms with van der Waals surface area (Å²) in [6.07, 6.45) is 1.10. The van der Waals surface area contributed by atoms with Crippen LogP contribution in [-0.2, 0) is 5.75 Å². The van der Waals surface area contributed by atoms with E-state index < -0.39 is 0 Å². The summed E-state index contributed by atoms with van der Waals surface area (Å²) in [5, 5.41) is 14.4. The highest BCUT2D eigenvalue weighted by atomic mass is 35.5. The van der Waals surface area contributed by atoms with Crippen molar-refractivity contribution in [3.63, 3.8) is 0 Å². The molecule has 1 N–H and O–H groups in total. The third kappa shape index (κ3) is 3.64. The summed E-state index contributed by atoms with van der Waals surface area (Å²) in [5.41, 5.74) is 0.550. The molecule has 0 amide bonds. The molecule has 1 atom stereocenters. The van der Waals surface area contributed by atoms with Gasteiger partial charge in [-0.05, 0) is 24.6 Å². The Morgan fingerprint density at radius 3 is 3.00 bits per heavy atom. The van der Waals surface area contributed by atoms with Gasteiger partial charge in [-0.15, -0.1) is 0 Å². The molecule has 1 heterocycles. The quantitative estimate of drug-likeness (QED) is 0.899. The number of aromatic nitrogens is 2. The minimum atomic E-state index is 0.119. The Kier molecular flexibility index (Phi) is 4.71. The van der Waals surface area contributed by atoms with Crippen LogP contribution in [0.15, 0.2) is 22.7 Å². The number of benzene rings is 1. The minimum Gasteiger partial charge on any atom is -0.508 e. The Bertz CT molecular complexity index is 559. The van der Waals surface area contributed by atoms with Gasteiger partial charge in [0, 0.05) is 5.25 Å². The summed E-state index contributed by atoms with van der Waals surface area (Å²) in [5.74, 6) is 1.79. The normalized spacial score (nSPS) is 12.6. The van der Waals surface area contributed by atoms with Crippen LogP contribution in [-0.4, -0.2) is 20.5 Å². The molecule has 0 aliphatic rings. The van der Waals surface area contributed by atoms with Crippen LogP contribution in [0, 0.1) is 0 Å². The lowest BCUT2D eigenvalue weighted by Gasteiger charge is -2.04. The van der Waals surface area contributed by atoms with Crippen LogP contribution in [0.3, 0.4) is 0 Å². The average molecular weight is 299 g/mol. The summed E-state index contributed by atoms with van der Waals surface area (Å²) in [6, 6.07) is 4.63. The number of thioether (sulfide) groups is 1. The van der Waals surface area contributed by atoms with E-state index in [2.05, 4.69) is 24.0 Å². The van der Waals surface area contributed by atoms with E-state index in [4.69, 9.17) is 16.1 Å². The first-order valence-electron chi connectivity index (χ1n) is 6.03. The third-order valence-electron chi connectivity index (χ3n) is 2.72. The zero-order valence-corrected chi connectivity index (χ0v) is 12.3. The number of rotatable bonds is 5. The van der Waals surface area contributed by atoms with Gasteiger partial charge in [0.25, 0.3) is 5.89 Å². The Hall–Kier alpha value is -1.20. The number of nitrogens with zero attached hydrogens (tertiary/aromatic N) is 2. The van der Waals surface area contributed by atoms with E-state index in [1.165, 1.54) is 12.1 Å². The van der Waals surface area contributed by atoms with Gasteiger partial charge in [0.15, 0.2) is 5.82 Å². The highest BCUT2D eigenvalue weighted by Crippen LogP contribution is 2.30. The maximum absolute atomic E-state index is 9.46. The van der Waals surface area contributed by atoms with Crippen molar-refractivity contribution in [3.8, 4) is 17.2 Å². The van der Waals surface area contributed by atoms with Crippen LogP contribution in [0.2, 0.25) is 5.02 Å². The lowest BCUT2D eigenvalue weighted by Crippen LogP contribution is -1.94. The van der Waals surface area contributed by atoms with E-state index in [1.807, 2.05) is 0 Å². The Morgan fingerprint density at radius 2 is 2.26 bits per heavy atom. The molecule has 4 nitrogen and oxygen atoms in total. The van der Waals surface area contributed by atoms with Gasteiger partial charge < -0.3 is 9.63 Å². The van der Waals surface area contributed by atoms with E-state index in [0.29, 0.717) is 33.3 Å². The molecule has 0 aliphatic carbocycles. The van der Waals surface area contributed by atoms with E-state index in [-0.39, 0.29) is 5.75 Å². The molecule has 0 radical (unpaired) electrons. The molecule has 2 rings (SSSR count). The topological polar surface area (TPSA) is 59.2 Å². The number of hydrogen-bond donors (Lipinski definition) is 1. The molecule has 0 saturated carbocycles. The van der Waals surface area contributed by atoms with Crippen molar-refractivity contribution in [3.05, 3.63) is 29.0 Å². The summed E-state index contributed by atoms with van der Waals surface area (Å²) in [6.45, 7) is 4.31. The average Bonchev–Trinajstić information content (AvgIpc) is 2.87. The second-order valence-corrected chi connectivity index (χ2v) is 6.04. The molecule has 1 aromatic carbocycles. The second kappa shape index (κ2) is 6.30. The molecule has 0 aliphatic heterocycles. The molecular weight excluding hydrogens is 284 g/mol. The Morgan fingerprint density at radius 1 is 1.47 bits per heavy atom. The fraction of sp³-hybridized carbons (Fsp3) is 0.385. The van der Waals surface area contributed by atoms with Crippen LogP contribution in [0.4, 0.5) is 0 Å². The number of aromatic hydroxyl groups is 1. The Balaban J connectivity index is 2.14. The zero-order chi connectivity index (χ0) is 13.8. The van der Waals surface area contributed by atoms with Gasteiger partial charge in [0.05, 0.1) is 16.3 Å². The molecule has 19 heavy (non-hydrogen) atoms. The van der Waals surface area contributed by atoms with Gasteiger partial charge in [0.1, 0.15) is 5.75 Å². The standard InChI is InChI=1S/C13H15ClN2O2S/c1-3-8(2)19-7-12-15-13(18-16-12)10-6-9(17)4-5-11(10)14/h4-6,8,17H,3,7H2,1-2H3. The molecule has 0 saturated heterocycles. The Labute approximate surface area is 121 Å². The molecule has 1 unspecified atom stereocenters. The van der Waals surface area contributed by atoms with Crippen molar-refractivity contribution in [1.29, 1.82) is 0 Å². The number of phenols is 1. The third-order valence-corrected chi connectivity index (χ3v) is 4.38. The summed E-state index contributed by atoms with van der Waals surface area (Å²) < 4.78 is 5.18. The smallest absolute Gasteiger partial charge is 0.259 e. The molecule has 0 fully saturated rings. The van der Waals surface area contributed by atoms with Crippen molar-refractivity contribution >= 4 is 23.4 Å². The maximum Gasteiger partial charge on any atom is 0.259 e. The monoisotopic (exact) mass is 298 g/mol. The van der Waals surface area contributed by atoms with E-state index in [1.54, 1.807) is 17.8 Å². The first kappa shape index (κ1) is 14.2. The predicted molar refractivity (Wildman–Crippen MR) is 77.5 cm³/mol. The van der Waals surface area contributed by atoms with Gasteiger partial charge in [-0.2, -0.15) is 16.7 Å². The van der Waals surface area contributed by atoms with Crippen LogP contribution in [0.25, 0.3) is 11.5 Å². The van der Waals surface area contributed by atoms with Crippen LogP contribution < -0.4 is 0 Å². The van der Waals surface area contributed by atoms with Crippen molar-refractivity contribution in [2.24, 2.45) is 0 Å². The van der Waals surface area contributed by atoms with Gasteiger partial charge in [-0.3, -0.25) is 0 Å². The molecule has 102 valence electrons.